The van der Waals surface area contributed by atoms with Crippen LogP contribution in [0.5, 0.6) is 17.2 Å². The first kappa shape index (κ1) is 19.9. The molecule has 9 heteroatoms. The second kappa shape index (κ2) is 8.77. The van der Waals surface area contributed by atoms with E-state index >= 15 is 0 Å². The maximum atomic E-state index is 12.3. The minimum Gasteiger partial charge on any atom is -0.494 e. The molecule has 0 aromatic heterocycles. The summed E-state index contributed by atoms with van der Waals surface area (Å²) in [5.41, 5.74) is 0.471. The zero-order valence-corrected chi connectivity index (χ0v) is 16.1. The van der Waals surface area contributed by atoms with Crippen LogP contribution in [0.3, 0.4) is 0 Å². The summed E-state index contributed by atoms with van der Waals surface area (Å²) >= 11 is 6.22. The lowest BCUT2D eigenvalue weighted by atomic mass is 10.2. The van der Waals surface area contributed by atoms with Gasteiger partial charge in [0.05, 0.1) is 37.0 Å². The lowest BCUT2D eigenvalue weighted by Crippen LogP contribution is -2.18. The molecule has 0 spiro atoms. The van der Waals surface area contributed by atoms with Crippen molar-refractivity contribution in [3.05, 3.63) is 47.0 Å². The van der Waals surface area contributed by atoms with Gasteiger partial charge in [0.15, 0.2) is 11.5 Å². The Morgan fingerprint density at radius 2 is 1.81 bits per heavy atom. The maximum absolute atomic E-state index is 12.3. The monoisotopic (exact) mass is 398 g/mol. The number of nitrogens with zero attached hydrogens (tertiary/aromatic N) is 1. The first-order valence-corrected chi connectivity index (χ1v) is 9.47. The number of hydrazone groups is 1. The van der Waals surface area contributed by atoms with Crippen molar-refractivity contribution >= 4 is 27.8 Å². The molecule has 2 aromatic rings. The van der Waals surface area contributed by atoms with Gasteiger partial charge in [0.25, 0.3) is 10.0 Å². The molecular weight excluding hydrogens is 380 g/mol. The van der Waals surface area contributed by atoms with Crippen LogP contribution in [0.25, 0.3) is 0 Å². The van der Waals surface area contributed by atoms with Crippen LogP contribution in [0.2, 0.25) is 5.02 Å². The number of halogens is 1. The van der Waals surface area contributed by atoms with Crippen molar-refractivity contribution in [1.29, 1.82) is 0 Å². The normalized spacial score (nSPS) is 11.4. The molecule has 140 valence electrons. The number of ether oxygens (including phenoxy) is 3. The number of benzene rings is 2. The largest absolute Gasteiger partial charge is 0.494 e. The maximum Gasteiger partial charge on any atom is 0.276 e. The zero-order valence-electron chi connectivity index (χ0n) is 14.5. The summed E-state index contributed by atoms with van der Waals surface area (Å²) in [7, 11) is -0.855. The van der Waals surface area contributed by atoms with Crippen molar-refractivity contribution < 1.29 is 22.6 Å². The second-order valence-electron chi connectivity index (χ2n) is 4.96. The molecule has 0 aliphatic carbocycles. The molecule has 0 saturated heterocycles. The van der Waals surface area contributed by atoms with Gasteiger partial charge in [-0.25, -0.2) is 4.83 Å². The second-order valence-corrected chi connectivity index (χ2v) is 7.00. The van der Waals surface area contributed by atoms with Crippen LogP contribution >= 0.6 is 11.6 Å². The number of hydrogen-bond donors (Lipinski definition) is 1. The highest BCUT2D eigenvalue weighted by molar-refractivity contribution is 7.89. The number of hydrogen-bond acceptors (Lipinski definition) is 6. The van der Waals surface area contributed by atoms with E-state index in [4.69, 9.17) is 25.8 Å². The van der Waals surface area contributed by atoms with Crippen LogP contribution in [0.15, 0.2) is 46.4 Å². The number of sulfonamides is 1. The van der Waals surface area contributed by atoms with Crippen LogP contribution < -0.4 is 19.0 Å². The third-order valence-electron chi connectivity index (χ3n) is 3.34. The van der Waals surface area contributed by atoms with Gasteiger partial charge in [-0.1, -0.05) is 11.6 Å². The smallest absolute Gasteiger partial charge is 0.276 e. The molecule has 0 atom stereocenters. The minimum absolute atomic E-state index is 0.0662. The van der Waals surface area contributed by atoms with Crippen molar-refractivity contribution in [3.63, 3.8) is 0 Å². The van der Waals surface area contributed by atoms with Crippen LogP contribution in [0.4, 0.5) is 0 Å². The lowest BCUT2D eigenvalue weighted by Gasteiger charge is -2.10. The van der Waals surface area contributed by atoms with Gasteiger partial charge in [0, 0.05) is 5.56 Å². The third kappa shape index (κ3) is 4.59. The van der Waals surface area contributed by atoms with E-state index in [1.807, 2.05) is 6.92 Å². The molecule has 0 fully saturated rings. The Morgan fingerprint density at radius 3 is 2.38 bits per heavy atom. The summed E-state index contributed by atoms with van der Waals surface area (Å²) < 4.78 is 40.1. The van der Waals surface area contributed by atoms with Crippen molar-refractivity contribution in [3.8, 4) is 17.2 Å². The van der Waals surface area contributed by atoms with Crippen molar-refractivity contribution in [2.75, 3.05) is 20.8 Å². The molecular formula is C17H19ClN2O5S. The zero-order chi connectivity index (χ0) is 19.2. The van der Waals surface area contributed by atoms with E-state index in [1.165, 1.54) is 32.6 Å². The van der Waals surface area contributed by atoms with E-state index in [0.29, 0.717) is 29.4 Å². The highest BCUT2D eigenvalue weighted by Crippen LogP contribution is 2.36. The summed E-state index contributed by atoms with van der Waals surface area (Å²) in [6.07, 6.45) is 1.29. The first-order valence-electron chi connectivity index (χ1n) is 7.61. The summed E-state index contributed by atoms with van der Waals surface area (Å²) in [4.78, 5) is 2.20. The highest BCUT2D eigenvalue weighted by Gasteiger charge is 2.14. The Labute approximate surface area is 157 Å². The van der Waals surface area contributed by atoms with E-state index < -0.39 is 10.0 Å². The highest BCUT2D eigenvalue weighted by atomic mass is 35.5. The molecule has 0 saturated carbocycles. The predicted octanol–water partition coefficient (Wildman–Crippen LogP) is 3.07. The minimum atomic E-state index is -3.81. The molecule has 0 amide bonds. The molecule has 0 radical (unpaired) electrons. The Morgan fingerprint density at radius 1 is 1.12 bits per heavy atom. The molecule has 2 rings (SSSR count). The average molecular weight is 399 g/mol. The van der Waals surface area contributed by atoms with Gasteiger partial charge in [-0.2, -0.15) is 13.5 Å². The lowest BCUT2D eigenvalue weighted by molar-refractivity contribution is 0.340. The Hall–Kier alpha value is -2.45. The van der Waals surface area contributed by atoms with E-state index in [1.54, 1.807) is 24.3 Å². The molecule has 7 nitrogen and oxygen atoms in total. The molecule has 0 aliphatic rings. The van der Waals surface area contributed by atoms with Crippen molar-refractivity contribution in [1.82, 2.24) is 4.83 Å². The van der Waals surface area contributed by atoms with Crippen LogP contribution in [-0.4, -0.2) is 35.5 Å². The van der Waals surface area contributed by atoms with Gasteiger partial charge in [0.1, 0.15) is 5.75 Å². The van der Waals surface area contributed by atoms with Crippen molar-refractivity contribution in [2.45, 2.75) is 11.8 Å². The van der Waals surface area contributed by atoms with Crippen LogP contribution in [0, 0.1) is 0 Å². The van der Waals surface area contributed by atoms with Gasteiger partial charge in [-0.15, -0.1) is 0 Å². The molecule has 1 N–H and O–H groups in total. The number of nitrogens with one attached hydrogen (secondary N) is 1. The quantitative estimate of drug-likeness (QED) is 0.545. The van der Waals surface area contributed by atoms with Crippen LogP contribution in [0.1, 0.15) is 12.5 Å². The fraction of sp³-hybridized carbons (Fsp3) is 0.235. The van der Waals surface area contributed by atoms with E-state index in [9.17, 15) is 8.42 Å². The summed E-state index contributed by atoms with van der Waals surface area (Å²) in [5.74, 6) is 1.39. The fourth-order valence-electron chi connectivity index (χ4n) is 2.10. The summed E-state index contributed by atoms with van der Waals surface area (Å²) in [5, 5.41) is 4.03. The predicted molar refractivity (Wildman–Crippen MR) is 100 cm³/mol. The molecule has 0 aliphatic heterocycles. The fourth-order valence-corrected chi connectivity index (χ4v) is 3.18. The van der Waals surface area contributed by atoms with Crippen molar-refractivity contribution in [2.24, 2.45) is 5.10 Å². The Kier molecular flexibility index (Phi) is 6.70. The molecule has 0 heterocycles. The molecule has 0 unspecified atom stereocenters. The topological polar surface area (TPSA) is 86.2 Å². The number of rotatable bonds is 8. The van der Waals surface area contributed by atoms with Crippen LogP contribution in [-0.2, 0) is 10.0 Å². The Bertz CT molecular complexity index is 883. The number of methoxy groups -OCH3 is 2. The van der Waals surface area contributed by atoms with Gasteiger partial charge >= 0.3 is 0 Å². The summed E-state index contributed by atoms with van der Waals surface area (Å²) in [6, 6.07) is 9.31. The molecule has 0 bridgehead atoms. The third-order valence-corrected chi connectivity index (χ3v) is 4.96. The van der Waals surface area contributed by atoms with Gasteiger partial charge in [0.2, 0.25) is 0 Å². The van der Waals surface area contributed by atoms with E-state index in [-0.39, 0.29) is 9.92 Å². The standard InChI is InChI=1S/C17H19ClN2O5S/c1-4-25-13-6-8-14(9-7-13)26(21,22)20-19-11-12-5-10-15(23-2)17(24-3)16(12)18/h5-11,20H,4H2,1-3H3/b19-11+. The average Bonchev–Trinajstić information content (AvgIpc) is 2.63. The Balaban J connectivity index is 2.16. The molecule has 2 aromatic carbocycles. The van der Waals surface area contributed by atoms with Gasteiger partial charge in [-0.3, -0.25) is 0 Å². The van der Waals surface area contributed by atoms with Gasteiger partial charge in [-0.05, 0) is 43.3 Å². The first-order chi connectivity index (χ1) is 12.4. The van der Waals surface area contributed by atoms with E-state index in [0.717, 1.165) is 0 Å². The van der Waals surface area contributed by atoms with E-state index in [2.05, 4.69) is 9.93 Å². The summed E-state index contributed by atoms with van der Waals surface area (Å²) in [6.45, 7) is 2.35. The molecule has 26 heavy (non-hydrogen) atoms. The van der Waals surface area contributed by atoms with Gasteiger partial charge < -0.3 is 14.2 Å². The SMILES string of the molecule is CCOc1ccc(S(=O)(=O)N/N=C/c2ccc(OC)c(OC)c2Cl)cc1.